The zero-order valence-electron chi connectivity index (χ0n) is 35.3. The molecule has 8 nitrogen and oxygen atoms in total. The zero-order chi connectivity index (χ0) is 42.2. The molecule has 0 aliphatic carbocycles. The Morgan fingerprint density at radius 3 is 1.48 bits per heavy atom. The van der Waals surface area contributed by atoms with Crippen molar-refractivity contribution in [3.63, 3.8) is 0 Å². The van der Waals surface area contributed by atoms with Gasteiger partial charge in [0.1, 0.15) is 0 Å². The lowest BCUT2D eigenvalue weighted by atomic mass is 10.1. The Morgan fingerprint density at radius 2 is 1.03 bits per heavy atom. The second-order valence-corrected chi connectivity index (χ2v) is 18.6. The van der Waals surface area contributed by atoms with E-state index in [1.807, 2.05) is 142 Å². The Bertz CT molecular complexity index is 2200. The van der Waals surface area contributed by atoms with Gasteiger partial charge in [-0.2, -0.15) is 0 Å². The van der Waals surface area contributed by atoms with Crippen LogP contribution in [0.1, 0.15) is 38.8 Å². The minimum absolute atomic E-state index is 0.575. The van der Waals surface area contributed by atoms with Crippen molar-refractivity contribution < 1.29 is 4.84 Å². The summed E-state index contributed by atoms with van der Waals surface area (Å²) in [5.74, 6) is 0. The van der Waals surface area contributed by atoms with E-state index in [1.165, 1.54) is 5.56 Å². The highest BCUT2D eigenvalue weighted by molar-refractivity contribution is 6.75. The first-order chi connectivity index (χ1) is 27.9. The number of aliphatic imine (C=N–C) groups is 2. The highest BCUT2D eigenvalue weighted by Crippen LogP contribution is 2.17. The second kappa shape index (κ2) is 24.8. The van der Waals surface area contributed by atoms with Gasteiger partial charge in [-0.1, -0.05) is 115 Å². The topological polar surface area (TPSA) is 86.8 Å². The van der Waals surface area contributed by atoms with Crippen LogP contribution in [0, 0.1) is 6.57 Å². The van der Waals surface area contributed by atoms with Gasteiger partial charge in [0, 0.05) is 46.8 Å². The lowest BCUT2D eigenvalue weighted by Gasteiger charge is -2.14. The van der Waals surface area contributed by atoms with Gasteiger partial charge in [0.15, 0.2) is 8.24 Å². The molecule has 0 aliphatic heterocycles. The average Bonchev–Trinajstić information content (AvgIpc) is 3.22. The first kappa shape index (κ1) is 45.8. The summed E-state index contributed by atoms with van der Waals surface area (Å²) < 4.78 is 5.00. The van der Waals surface area contributed by atoms with E-state index in [0.717, 1.165) is 56.9 Å². The van der Waals surface area contributed by atoms with Crippen LogP contribution in [0.3, 0.4) is 0 Å². The van der Waals surface area contributed by atoms with Crippen LogP contribution in [0.15, 0.2) is 201 Å². The van der Waals surface area contributed by atoms with Gasteiger partial charge in [-0.3, -0.25) is 10.3 Å². The smallest absolute Gasteiger partial charge is 0.225 e. The molecule has 0 radical (unpaired) electrons. The standard InChI is InChI=1S/C19H24N2Si.C17H18N2O.C13H15N3/c1-16(20-18-13-9-6-10-14-18)15-19(21-22(2,3)4)17-11-7-5-8-12-17;1-14(19-20-2)13-17(15-9-5-3-6-10-15)18-16-11-7-4-8-12-16;1-10(14-3)13(15-4)11(2)16-12-8-6-5-7-9-12/h5-15,20H,1-4H3;3-13,19H,1-2H3;5-9,16H,1-3H3/b;14-13-,18-17?;. The molecule has 0 fully saturated rings. The Morgan fingerprint density at radius 1 is 0.603 bits per heavy atom. The summed E-state index contributed by atoms with van der Waals surface area (Å²) in [6, 6.07) is 50.4. The zero-order valence-corrected chi connectivity index (χ0v) is 36.3. The van der Waals surface area contributed by atoms with Crippen molar-refractivity contribution in [2.75, 3.05) is 24.8 Å². The molecule has 3 N–H and O–H groups in total. The first-order valence-corrected chi connectivity index (χ1v) is 22.5. The molecule has 0 spiro atoms. The van der Waals surface area contributed by atoms with Crippen molar-refractivity contribution in [3.05, 3.63) is 209 Å². The molecule has 0 saturated heterocycles. The van der Waals surface area contributed by atoms with Crippen LogP contribution in [0.2, 0.25) is 19.6 Å². The third kappa shape index (κ3) is 17.5. The van der Waals surface area contributed by atoms with Gasteiger partial charge in [-0.05, 0) is 101 Å². The monoisotopic (exact) mass is 787 g/mol. The molecule has 0 saturated carbocycles. The van der Waals surface area contributed by atoms with Crippen molar-refractivity contribution in [1.82, 2.24) is 5.48 Å². The predicted molar refractivity (Wildman–Crippen MR) is 252 cm³/mol. The van der Waals surface area contributed by atoms with Gasteiger partial charge in [-0.25, -0.2) is 9.84 Å². The van der Waals surface area contributed by atoms with Crippen molar-refractivity contribution in [1.29, 1.82) is 0 Å². The maximum Gasteiger partial charge on any atom is 0.225 e. The summed E-state index contributed by atoms with van der Waals surface area (Å²) >= 11 is 0. The number of benzene rings is 5. The summed E-state index contributed by atoms with van der Waals surface area (Å²) in [7, 11) is 1.74. The molecule has 0 heterocycles. The number of rotatable bonds is 13. The van der Waals surface area contributed by atoms with Crippen LogP contribution in [0.4, 0.5) is 17.1 Å². The molecule has 0 bridgehead atoms. The number of nitrogens with zero attached hydrogens (tertiary/aromatic N) is 4. The molecule has 0 atom stereocenters. The van der Waals surface area contributed by atoms with E-state index >= 15 is 0 Å². The van der Waals surface area contributed by atoms with Crippen molar-refractivity contribution >= 4 is 42.4 Å². The molecule has 0 unspecified atom stereocenters. The van der Waals surface area contributed by atoms with Crippen LogP contribution < -0.4 is 16.1 Å². The van der Waals surface area contributed by atoms with E-state index in [0.29, 0.717) is 5.70 Å². The normalized spacial score (nSPS) is 12.7. The van der Waals surface area contributed by atoms with E-state index in [4.69, 9.17) is 21.1 Å². The summed E-state index contributed by atoms with van der Waals surface area (Å²) in [6.07, 6.45) is 4.10. The van der Waals surface area contributed by atoms with Crippen LogP contribution in [0.5, 0.6) is 0 Å². The van der Waals surface area contributed by atoms with Crippen LogP contribution in [-0.4, -0.2) is 39.5 Å². The largest absolute Gasteiger partial charge is 0.369 e. The number of hydrogen-bond donors (Lipinski definition) is 3. The summed E-state index contributed by atoms with van der Waals surface area (Å²) in [5.41, 5.74) is 14.1. The molecule has 0 amide bonds. The Kier molecular flexibility index (Phi) is 19.6. The highest BCUT2D eigenvalue weighted by Gasteiger charge is 2.13. The lowest BCUT2D eigenvalue weighted by molar-refractivity contribution is 0.118. The molecular formula is C49H57N7OSi. The van der Waals surface area contributed by atoms with Crippen molar-refractivity contribution in [3.8, 4) is 0 Å². The third-order valence-corrected chi connectivity index (χ3v) is 8.85. The number of hydrogen-bond acceptors (Lipinski definition) is 7. The van der Waals surface area contributed by atoms with Gasteiger partial charge in [-0.15, -0.1) is 0 Å². The van der Waals surface area contributed by atoms with Gasteiger partial charge in [0.2, 0.25) is 5.70 Å². The second-order valence-electron chi connectivity index (χ2n) is 14.1. The number of para-hydroxylation sites is 3. The number of nitrogens with one attached hydrogen (secondary N) is 3. The molecular weight excluding hydrogens is 731 g/mol. The van der Waals surface area contributed by atoms with Crippen LogP contribution in [-0.2, 0) is 4.84 Å². The van der Waals surface area contributed by atoms with Crippen LogP contribution in [0.25, 0.3) is 4.85 Å². The highest BCUT2D eigenvalue weighted by atomic mass is 28.3. The molecule has 0 aliphatic rings. The fourth-order valence-electron chi connectivity index (χ4n) is 5.31. The van der Waals surface area contributed by atoms with Gasteiger partial charge in [0.05, 0.1) is 30.8 Å². The summed E-state index contributed by atoms with van der Waals surface area (Å²) in [4.78, 5) is 17.1. The van der Waals surface area contributed by atoms with E-state index < -0.39 is 8.24 Å². The van der Waals surface area contributed by atoms with Gasteiger partial charge >= 0.3 is 0 Å². The molecule has 0 aromatic heterocycles. The minimum atomic E-state index is -1.55. The minimum Gasteiger partial charge on any atom is -0.369 e. The SMILES string of the molecule is CC(=CC(=N[Si](C)(C)C)c1ccccc1)Nc1ccccc1.CON/C(C)=C\C(=Nc1ccccc1)c1ccccc1.[C-]#[N+]C(C(C)=NC)=C(C)Nc1ccccc1. The van der Waals surface area contributed by atoms with Gasteiger partial charge < -0.3 is 20.3 Å². The fraction of sp³-hybridized carbons (Fsp3) is 0.184. The summed E-state index contributed by atoms with van der Waals surface area (Å²) in [6.45, 7) is 21.6. The van der Waals surface area contributed by atoms with Crippen LogP contribution >= 0.6 is 0 Å². The average molecular weight is 788 g/mol. The van der Waals surface area contributed by atoms with E-state index in [-0.39, 0.29) is 0 Å². The molecule has 5 rings (SSSR count). The first-order valence-electron chi connectivity index (χ1n) is 19.1. The Hall–Kier alpha value is -6.60. The van der Waals surface area contributed by atoms with Gasteiger partial charge in [0.25, 0.3) is 0 Å². The molecule has 5 aromatic rings. The lowest BCUT2D eigenvalue weighted by Crippen LogP contribution is -2.20. The van der Waals surface area contributed by atoms with E-state index in [1.54, 1.807) is 14.2 Å². The predicted octanol–water partition coefficient (Wildman–Crippen LogP) is 12.5. The number of allylic oxidation sites excluding steroid dienone is 6. The van der Waals surface area contributed by atoms with E-state index in [2.05, 4.69) is 95.0 Å². The molecule has 9 heteroatoms. The molecule has 58 heavy (non-hydrogen) atoms. The number of anilines is 2. The maximum atomic E-state index is 7.14. The maximum absolute atomic E-state index is 7.14. The molecule has 5 aromatic carbocycles. The molecule has 298 valence electrons. The summed E-state index contributed by atoms with van der Waals surface area (Å²) in [5, 5.41) is 6.62. The van der Waals surface area contributed by atoms with Crippen molar-refractivity contribution in [2.24, 2.45) is 14.6 Å². The fourth-order valence-corrected chi connectivity index (χ4v) is 6.22. The Balaban J connectivity index is 0.000000236. The third-order valence-electron chi connectivity index (χ3n) is 7.94. The van der Waals surface area contributed by atoms with Crippen molar-refractivity contribution in [2.45, 2.75) is 47.3 Å². The quantitative estimate of drug-likeness (QED) is 0.0480. The number of hydroxylamine groups is 1. The Labute approximate surface area is 347 Å². The van der Waals surface area contributed by atoms with E-state index in [9.17, 15) is 0 Å².